The highest BCUT2D eigenvalue weighted by atomic mass is 32.2. The average molecular weight is 518 g/mol. The molecule has 1 aliphatic heterocycles. The van der Waals surface area contributed by atoms with Gasteiger partial charge in [0.25, 0.3) is 21.7 Å². The molecule has 2 amide bonds. The lowest BCUT2D eigenvalue weighted by Crippen LogP contribution is -2.73. The van der Waals surface area contributed by atoms with Crippen LogP contribution in [-0.2, 0) is 42.3 Å². The van der Waals surface area contributed by atoms with Crippen LogP contribution in [-0.4, -0.2) is 52.0 Å². The van der Waals surface area contributed by atoms with Crippen molar-refractivity contribution in [2.45, 2.75) is 38.3 Å². The maximum atomic E-state index is 12.9. The van der Waals surface area contributed by atoms with Gasteiger partial charge in [-0.1, -0.05) is 30.3 Å². The summed E-state index contributed by atoms with van der Waals surface area (Å²) >= 11 is 0. The number of nitrogens with zero attached hydrogens (tertiary/aromatic N) is 2. The third-order valence-electron chi connectivity index (χ3n) is 5.30. The van der Waals surface area contributed by atoms with Crippen molar-refractivity contribution in [2.24, 2.45) is 0 Å². The molecule has 2 aromatic rings. The SMILES string of the molecule is CC(C)=C(C(=O)OCc1ccc([N+](=O)[O-])cc1)N1C(=O)C(NC(=O)Cc2ccccc2)C1S(=O)(=O)O. The maximum absolute atomic E-state index is 12.9. The summed E-state index contributed by atoms with van der Waals surface area (Å²) in [5, 5.41) is 11.1. The van der Waals surface area contributed by atoms with Crippen molar-refractivity contribution in [3.05, 3.63) is 87.1 Å². The highest BCUT2D eigenvalue weighted by molar-refractivity contribution is 7.86. The second kappa shape index (κ2) is 10.7. The third kappa shape index (κ3) is 5.93. The van der Waals surface area contributed by atoms with Gasteiger partial charge in [0.15, 0.2) is 5.37 Å². The fraction of sp³-hybridized carbons (Fsp3) is 0.261. The van der Waals surface area contributed by atoms with Crippen molar-refractivity contribution in [2.75, 3.05) is 0 Å². The Labute approximate surface area is 206 Å². The van der Waals surface area contributed by atoms with E-state index in [1.165, 1.54) is 38.1 Å². The first kappa shape index (κ1) is 26.5. The van der Waals surface area contributed by atoms with Gasteiger partial charge < -0.3 is 10.1 Å². The number of hydrogen-bond acceptors (Lipinski definition) is 8. The van der Waals surface area contributed by atoms with E-state index in [0.29, 0.717) is 16.0 Å². The Morgan fingerprint density at radius 1 is 1.08 bits per heavy atom. The van der Waals surface area contributed by atoms with Crippen molar-refractivity contribution < 1.29 is 37.0 Å². The summed E-state index contributed by atoms with van der Waals surface area (Å²) in [5.41, 5.74) is 0.701. The van der Waals surface area contributed by atoms with E-state index in [-0.39, 0.29) is 24.3 Å². The van der Waals surface area contributed by atoms with Crippen molar-refractivity contribution in [1.29, 1.82) is 0 Å². The molecule has 0 saturated carbocycles. The summed E-state index contributed by atoms with van der Waals surface area (Å²) in [6.07, 6.45) is -0.129. The Bertz CT molecular complexity index is 1320. The van der Waals surface area contributed by atoms with Crippen LogP contribution in [0.15, 0.2) is 65.9 Å². The number of benzene rings is 2. The summed E-state index contributed by atoms with van der Waals surface area (Å²) in [6, 6.07) is 12.1. The van der Waals surface area contributed by atoms with Gasteiger partial charge in [-0.05, 0) is 42.7 Å². The summed E-state index contributed by atoms with van der Waals surface area (Å²) in [4.78, 5) is 48.8. The molecule has 0 spiro atoms. The zero-order chi connectivity index (χ0) is 26.6. The third-order valence-corrected chi connectivity index (χ3v) is 6.39. The summed E-state index contributed by atoms with van der Waals surface area (Å²) in [5.74, 6) is -2.61. The molecule has 2 atom stereocenters. The Kier molecular flexibility index (Phi) is 7.85. The number of carbonyl (C=O) groups excluding carboxylic acids is 3. The minimum absolute atomic E-state index is 0.129. The molecule has 13 heteroatoms. The maximum Gasteiger partial charge on any atom is 0.355 e. The molecular formula is C23H23N3O9S. The minimum atomic E-state index is -4.92. The molecule has 36 heavy (non-hydrogen) atoms. The normalized spacial score (nSPS) is 17.1. The molecule has 3 rings (SSSR count). The standard InChI is InChI=1S/C23H23N3O9S/c1-14(2)20(23(29)35-13-16-8-10-17(11-9-16)26(30)31)25-21(28)19(22(25)36(32,33)34)24-18(27)12-15-6-4-3-5-7-15/h3-11,19,22H,12-13H2,1-2H3,(H,24,27)(H,32,33,34). The Morgan fingerprint density at radius 2 is 1.69 bits per heavy atom. The van der Waals surface area contributed by atoms with Crippen LogP contribution in [0.2, 0.25) is 0 Å². The lowest BCUT2D eigenvalue weighted by atomic mass is 10.0. The van der Waals surface area contributed by atoms with Crippen LogP contribution in [0.3, 0.4) is 0 Å². The molecule has 190 valence electrons. The first-order valence-corrected chi connectivity index (χ1v) is 12.1. The van der Waals surface area contributed by atoms with E-state index in [1.807, 2.05) is 0 Å². The van der Waals surface area contributed by atoms with Gasteiger partial charge in [-0.25, -0.2) is 4.79 Å². The number of amides is 2. The number of carbonyl (C=O) groups is 3. The number of hydrogen-bond donors (Lipinski definition) is 2. The number of β-lactam (4-membered cyclic amide) rings is 1. The van der Waals surface area contributed by atoms with E-state index in [9.17, 15) is 37.5 Å². The number of nitrogens with one attached hydrogen (secondary N) is 1. The molecule has 1 fully saturated rings. The van der Waals surface area contributed by atoms with Gasteiger partial charge >= 0.3 is 5.97 Å². The fourth-order valence-corrected chi connectivity index (χ4v) is 4.62. The van der Waals surface area contributed by atoms with Gasteiger partial charge in [0.2, 0.25) is 5.91 Å². The number of nitro benzene ring substituents is 1. The lowest BCUT2D eigenvalue weighted by Gasteiger charge is -2.45. The van der Waals surface area contributed by atoms with Gasteiger partial charge in [0, 0.05) is 12.1 Å². The van der Waals surface area contributed by atoms with Crippen LogP contribution in [0.1, 0.15) is 25.0 Å². The van der Waals surface area contributed by atoms with Crippen LogP contribution >= 0.6 is 0 Å². The summed E-state index contributed by atoms with van der Waals surface area (Å²) in [6.45, 7) is 2.57. The summed E-state index contributed by atoms with van der Waals surface area (Å²) < 4.78 is 39.2. The van der Waals surface area contributed by atoms with Crippen molar-refractivity contribution in [1.82, 2.24) is 10.2 Å². The molecule has 2 unspecified atom stereocenters. The van der Waals surface area contributed by atoms with E-state index in [0.717, 1.165) is 0 Å². The number of rotatable bonds is 9. The first-order chi connectivity index (χ1) is 16.9. The first-order valence-electron chi connectivity index (χ1n) is 10.6. The fourth-order valence-electron chi connectivity index (χ4n) is 3.62. The van der Waals surface area contributed by atoms with Gasteiger partial charge in [0.1, 0.15) is 18.3 Å². The molecule has 1 aliphatic rings. The lowest BCUT2D eigenvalue weighted by molar-refractivity contribution is -0.384. The minimum Gasteiger partial charge on any atom is -0.456 e. The Balaban J connectivity index is 1.75. The monoisotopic (exact) mass is 517 g/mol. The van der Waals surface area contributed by atoms with Gasteiger partial charge in [-0.15, -0.1) is 0 Å². The van der Waals surface area contributed by atoms with Crippen molar-refractivity contribution >= 4 is 33.6 Å². The molecule has 2 N–H and O–H groups in total. The molecule has 12 nitrogen and oxygen atoms in total. The molecule has 2 aromatic carbocycles. The largest absolute Gasteiger partial charge is 0.456 e. The van der Waals surface area contributed by atoms with Gasteiger partial charge in [-0.3, -0.25) is 29.2 Å². The van der Waals surface area contributed by atoms with E-state index < -0.39 is 49.9 Å². The molecule has 0 aromatic heterocycles. The number of allylic oxidation sites excluding steroid dienone is 1. The van der Waals surface area contributed by atoms with Crippen LogP contribution in [0.4, 0.5) is 5.69 Å². The molecule has 0 aliphatic carbocycles. The van der Waals surface area contributed by atoms with Crippen molar-refractivity contribution in [3.8, 4) is 0 Å². The zero-order valence-electron chi connectivity index (χ0n) is 19.3. The highest BCUT2D eigenvalue weighted by Crippen LogP contribution is 2.31. The van der Waals surface area contributed by atoms with Crippen LogP contribution < -0.4 is 5.32 Å². The van der Waals surface area contributed by atoms with E-state index in [2.05, 4.69) is 5.32 Å². The summed E-state index contributed by atoms with van der Waals surface area (Å²) in [7, 11) is -4.92. The quantitative estimate of drug-likeness (QED) is 0.125. The molecule has 1 heterocycles. The molecule has 1 saturated heterocycles. The molecule has 0 radical (unpaired) electrons. The van der Waals surface area contributed by atoms with E-state index in [4.69, 9.17) is 4.74 Å². The molecular weight excluding hydrogens is 494 g/mol. The zero-order valence-corrected chi connectivity index (χ0v) is 20.1. The molecule has 0 bridgehead atoms. The number of ether oxygens (including phenoxy) is 1. The topological polar surface area (TPSA) is 173 Å². The van der Waals surface area contributed by atoms with Crippen LogP contribution in [0.5, 0.6) is 0 Å². The smallest absolute Gasteiger partial charge is 0.355 e. The van der Waals surface area contributed by atoms with Gasteiger partial charge in [0.05, 0.1) is 11.3 Å². The highest BCUT2D eigenvalue weighted by Gasteiger charge is 2.58. The average Bonchev–Trinajstić information content (AvgIpc) is 2.81. The van der Waals surface area contributed by atoms with Crippen LogP contribution in [0, 0.1) is 10.1 Å². The second-order valence-corrected chi connectivity index (χ2v) is 9.68. The second-order valence-electron chi connectivity index (χ2n) is 8.17. The van der Waals surface area contributed by atoms with Crippen molar-refractivity contribution in [3.63, 3.8) is 0 Å². The van der Waals surface area contributed by atoms with E-state index >= 15 is 0 Å². The van der Waals surface area contributed by atoms with E-state index in [1.54, 1.807) is 30.3 Å². The van der Waals surface area contributed by atoms with Gasteiger partial charge in [-0.2, -0.15) is 8.42 Å². The predicted molar refractivity (Wildman–Crippen MR) is 126 cm³/mol. The Hall–Kier alpha value is -4.10. The predicted octanol–water partition coefficient (Wildman–Crippen LogP) is 1.72. The Morgan fingerprint density at radius 3 is 2.22 bits per heavy atom. The number of likely N-dealkylation sites (tertiary alicyclic amines) is 1. The number of esters is 1. The number of nitro groups is 1. The number of non-ortho nitro benzene ring substituents is 1. The van der Waals surface area contributed by atoms with Crippen LogP contribution in [0.25, 0.3) is 0 Å².